The molecule has 5 aromatic rings. The van der Waals surface area contributed by atoms with Gasteiger partial charge in [0.1, 0.15) is 0 Å². The molecule has 0 aromatic carbocycles. The molecular weight excluding hydrogens is 516 g/mol. The largest absolute Gasteiger partial charge is 0.262 e. The zero-order valence-corrected chi connectivity index (χ0v) is 24.2. The molecule has 0 fully saturated rings. The van der Waals surface area contributed by atoms with E-state index in [1.165, 1.54) is 0 Å². The van der Waals surface area contributed by atoms with Crippen LogP contribution >= 0.6 is 0 Å². The molecule has 5 aromatic heterocycles. The monoisotopic (exact) mass is 548 g/mol. The number of hydrogen-bond donors (Lipinski definition) is 0. The van der Waals surface area contributed by atoms with Crippen LogP contribution in [0.5, 0.6) is 0 Å². The van der Waals surface area contributed by atoms with E-state index in [1.807, 2.05) is 150 Å². The van der Waals surface area contributed by atoms with E-state index in [1.54, 1.807) is 0 Å². The summed E-state index contributed by atoms with van der Waals surface area (Å²) < 4.78 is 0. The maximum absolute atomic E-state index is 5.11. The Morgan fingerprint density at radius 2 is 0.595 bits per heavy atom. The van der Waals surface area contributed by atoms with Crippen LogP contribution in [0, 0.1) is 27.7 Å². The molecule has 206 valence electrons. The lowest BCUT2D eigenvalue weighted by atomic mass is 10.1. The molecule has 5 rings (SSSR count). The Balaban J connectivity index is 1.63. The molecule has 42 heavy (non-hydrogen) atoms. The third kappa shape index (κ3) is 7.86. The maximum atomic E-state index is 5.11. The third-order valence-electron chi connectivity index (χ3n) is 6.42. The molecule has 0 aliphatic heterocycles. The van der Waals surface area contributed by atoms with Crippen molar-refractivity contribution in [2.24, 2.45) is 0 Å². The smallest absolute Gasteiger partial charge is 0.0894 e. The molecule has 0 aliphatic carbocycles. The fraction of sp³-hybridized carbons (Fsp3) is 0.111. The Labute approximate surface area is 247 Å². The van der Waals surface area contributed by atoms with Crippen molar-refractivity contribution in [1.29, 1.82) is 0 Å². The average Bonchev–Trinajstić information content (AvgIpc) is 2.97. The standard InChI is InChI=1S/C36H32N6/c1-25-21-29(13-17-37-25)5-9-33-34(10-6-30-14-18-38-26(2)22-30)42-36(12-8-32-16-20-40-28(4)24-32)35(41-33)11-7-31-15-19-39-27(3)23-31/h5-24H,1-4H3. The van der Waals surface area contributed by atoms with Gasteiger partial charge in [-0.15, -0.1) is 0 Å². The first-order valence-corrected chi connectivity index (χ1v) is 13.8. The summed E-state index contributed by atoms with van der Waals surface area (Å²) in [5.74, 6) is 0. The van der Waals surface area contributed by atoms with E-state index in [0.717, 1.165) is 67.8 Å². The summed E-state index contributed by atoms with van der Waals surface area (Å²) >= 11 is 0. The Hall–Kier alpha value is -5.36. The first-order chi connectivity index (χ1) is 20.4. The molecule has 0 unspecified atom stereocenters. The third-order valence-corrected chi connectivity index (χ3v) is 6.42. The van der Waals surface area contributed by atoms with Gasteiger partial charge < -0.3 is 0 Å². The van der Waals surface area contributed by atoms with Crippen LogP contribution in [0.3, 0.4) is 0 Å². The molecule has 6 nitrogen and oxygen atoms in total. The molecule has 5 heterocycles. The van der Waals surface area contributed by atoms with Gasteiger partial charge in [0.2, 0.25) is 0 Å². The molecule has 0 aliphatic rings. The highest BCUT2D eigenvalue weighted by atomic mass is 14.8. The molecule has 0 N–H and O–H groups in total. The Kier molecular flexibility index (Phi) is 8.94. The van der Waals surface area contributed by atoms with Gasteiger partial charge >= 0.3 is 0 Å². The van der Waals surface area contributed by atoms with Crippen LogP contribution in [0.15, 0.2) is 73.3 Å². The second-order valence-electron chi connectivity index (χ2n) is 10.0. The van der Waals surface area contributed by atoms with Gasteiger partial charge in [0.25, 0.3) is 0 Å². The van der Waals surface area contributed by atoms with E-state index >= 15 is 0 Å². The maximum Gasteiger partial charge on any atom is 0.0894 e. The lowest BCUT2D eigenvalue weighted by Crippen LogP contribution is -2.00. The minimum absolute atomic E-state index is 0.758. The molecule has 0 radical (unpaired) electrons. The van der Waals surface area contributed by atoms with Gasteiger partial charge in [-0.25, -0.2) is 9.97 Å². The van der Waals surface area contributed by atoms with E-state index in [2.05, 4.69) is 19.9 Å². The summed E-state index contributed by atoms with van der Waals surface area (Å²) in [6, 6.07) is 16.1. The normalized spacial score (nSPS) is 11.9. The molecule has 0 saturated carbocycles. The van der Waals surface area contributed by atoms with Crippen molar-refractivity contribution in [3.8, 4) is 0 Å². The average molecular weight is 549 g/mol. The van der Waals surface area contributed by atoms with Gasteiger partial charge in [-0.05, 0) is 123 Å². The summed E-state index contributed by atoms with van der Waals surface area (Å²) in [6.07, 6.45) is 23.4. The molecule has 0 bridgehead atoms. The van der Waals surface area contributed by atoms with Crippen LogP contribution in [-0.2, 0) is 0 Å². The van der Waals surface area contributed by atoms with Crippen LogP contribution in [0.25, 0.3) is 48.6 Å². The summed E-state index contributed by atoms with van der Waals surface area (Å²) in [5.41, 5.74) is 11.1. The summed E-state index contributed by atoms with van der Waals surface area (Å²) in [7, 11) is 0. The highest BCUT2D eigenvalue weighted by Crippen LogP contribution is 2.20. The number of aryl methyl sites for hydroxylation is 4. The summed E-state index contributed by atoms with van der Waals surface area (Å²) in [5, 5.41) is 0. The van der Waals surface area contributed by atoms with Gasteiger partial charge in [-0.2, -0.15) is 0 Å². The lowest BCUT2D eigenvalue weighted by molar-refractivity contribution is 1.12. The van der Waals surface area contributed by atoms with Gasteiger partial charge in [-0.3, -0.25) is 19.9 Å². The van der Waals surface area contributed by atoms with Gasteiger partial charge in [-0.1, -0.05) is 24.3 Å². The van der Waals surface area contributed by atoms with Gasteiger partial charge in [0, 0.05) is 47.6 Å². The fourth-order valence-electron chi connectivity index (χ4n) is 4.36. The number of aromatic nitrogens is 6. The SMILES string of the molecule is Cc1cc(C=Cc2nc(C=Cc3ccnc(C)c3)c(C=Cc3ccnc(C)c3)nc2C=Cc2ccnc(C)c2)ccn1. The van der Waals surface area contributed by atoms with Crippen molar-refractivity contribution in [3.63, 3.8) is 0 Å². The van der Waals surface area contributed by atoms with Crippen LogP contribution in [-0.4, -0.2) is 29.9 Å². The Morgan fingerprint density at radius 1 is 0.357 bits per heavy atom. The summed E-state index contributed by atoms with van der Waals surface area (Å²) in [4.78, 5) is 27.5. The molecule has 0 saturated heterocycles. The van der Waals surface area contributed by atoms with E-state index in [0.29, 0.717) is 0 Å². The van der Waals surface area contributed by atoms with Crippen molar-refractivity contribution in [1.82, 2.24) is 29.9 Å². The highest BCUT2D eigenvalue weighted by Gasteiger charge is 2.09. The van der Waals surface area contributed by atoms with Crippen molar-refractivity contribution in [3.05, 3.63) is 141 Å². The predicted octanol–water partition coefficient (Wildman–Crippen LogP) is 7.97. The van der Waals surface area contributed by atoms with Crippen molar-refractivity contribution < 1.29 is 0 Å². The number of nitrogens with zero attached hydrogens (tertiary/aromatic N) is 6. The first kappa shape index (κ1) is 28.2. The predicted molar refractivity (Wildman–Crippen MR) is 174 cm³/mol. The van der Waals surface area contributed by atoms with E-state index in [-0.39, 0.29) is 0 Å². The quantitative estimate of drug-likeness (QED) is 0.196. The van der Waals surface area contributed by atoms with E-state index in [9.17, 15) is 0 Å². The van der Waals surface area contributed by atoms with Crippen molar-refractivity contribution >= 4 is 48.6 Å². The fourth-order valence-corrected chi connectivity index (χ4v) is 4.36. The highest BCUT2D eigenvalue weighted by molar-refractivity contribution is 5.81. The second kappa shape index (κ2) is 13.3. The zero-order valence-electron chi connectivity index (χ0n) is 24.2. The Morgan fingerprint density at radius 3 is 0.810 bits per heavy atom. The summed E-state index contributed by atoms with van der Waals surface area (Å²) in [6.45, 7) is 7.93. The van der Waals surface area contributed by atoms with Crippen LogP contribution in [0.2, 0.25) is 0 Å². The van der Waals surface area contributed by atoms with Crippen molar-refractivity contribution in [2.45, 2.75) is 27.7 Å². The number of pyridine rings is 4. The first-order valence-electron chi connectivity index (χ1n) is 13.8. The Bertz CT molecular complexity index is 1570. The van der Waals surface area contributed by atoms with Crippen LogP contribution in [0.4, 0.5) is 0 Å². The van der Waals surface area contributed by atoms with E-state index < -0.39 is 0 Å². The van der Waals surface area contributed by atoms with Gasteiger partial charge in [0.05, 0.1) is 22.8 Å². The minimum Gasteiger partial charge on any atom is -0.262 e. The number of rotatable bonds is 8. The second-order valence-corrected chi connectivity index (χ2v) is 10.0. The molecule has 6 heteroatoms. The number of hydrogen-bond acceptors (Lipinski definition) is 6. The molecule has 0 atom stereocenters. The van der Waals surface area contributed by atoms with Crippen LogP contribution in [0.1, 0.15) is 67.8 Å². The molecule has 0 spiro atoms. The molecule has 0 amide bonds. The van der Waals surface area contributed by atoms with Crippen LogP contribution < -0.4 is 0 Å². The van der Waals surface area contributed by atoms with Crippen molar-refractivity contribution in [2.75, 3.05) is 0 Å². The topological polar surface area (TPSA) is 77.3 Å². The van der Waals surface area contributed by atoms with Gasteiger partial charge in [0.15, 0.2) is 0 Å². The molecular formula is C36H32N6. The minimum atomic E-state index is 0.758. The zero-order chi connectivity index (χ0) is 29.3. The van der Waals surface area contributed by atoms with E-state index in [4.69, 9.17) is 9.97 Å². The lowest BCUT2D eigenvalue weighted by Gasteiger charge is -2.08.